The molecule has 0 aromatic heterocycles. The van der Waals surface area contributed by atoms with Gasteiger partial charge in [-0.3, -0.25) is 0 Å². The molecule has 0 bridgehead atoms. The van der Waals surface area contributed by atoms with Gasteiger partial charge in [0.25, 0.3) is 0 Å². The maximum Gasteiger partial charge on any atom is 0.460 e. The fourth-order valence-corrected chi connectivity index (χ4v) is 2.96. The number of hydrogen-bond acceptors (Lipinski definition) is 1. The van der Waals surface area contributed by atoms with Crippen LogP contribution in [0.25, 0.3) is 11.1 Å². The molecule has 0 heterocycles. The van der Waals surface area contributed by atoms with Crippen LogP contribution in [0.15, 0.2) is 0 Å². The van der Waals surface area contributed by atoms with Crippen molar-refractivity contribution < 1.29 is 79.0 Å². The third kappa shape index (κ3) is 4.09. The van der Waals surface area contributed by atoms with Crippen molar-refractivity contribution in [3.63, 3.8) is 0 Å². The molecule has 2 aromatic rings. The number of halogens is 18. The summed E-state index contributed by atoms with van der Waals surface area (Å²) in [7, 11) is 0. The van der Waals surface area contributed by atoms with Crippen LogP contribution in [0.2, 0.25) is 0 Å². The number of nitrogens with zero attached hydrogens (tertiary/aromatic N) is 1. The molecular formula is C18H5F18N. The summed E-state index contributed by atoms with van der Waals surface area (Å²) in [5.41, 5.74) is -8.93. The largest absolute Gasteiger partial charge is 0.460 e. The molecule has 0 fully saturated rings. The molecule has 0 amide bonds. The van der Waals surface area contributed by atoms with E-state index in [0.29, 0.717) is 0 Å². The first kappa shape index (κ1) is 30.2. The Balaban J connectivity index is 3.14. The Labute approximate surface area is 191 Å². The van der Waals surface area contributed by atoms with Gasteiger partial charge in [0.05, 0.1) is 16.8 Å². The van der Waals surface area contributed by atoms with E-state index in [1.165, 1.54) is 0 Å². The molecule has 208 valence electrons. The lowest BCUT2D eigenvalue weighted by Gasteiger charge is -2.41. The highest BCUT2D eigenvalue weighted by Crippen LogP contribution is 2.56. The fraction of sp³-hybridized carbons (Fsp3) is 0.333. The summed E-state index contributed by atoms with van der Waals surface area (Å²) in [6.07, 6.45) is -7.46. The van der Waals surface area contributed by atoms with Gasteiger partial charge in [-0.05, 0) is 6.92 Å². The van der Waals surface area contributed by atoms with E-state index >= 15 is 0 Å². The predicted octanol–water partition coefficient (Wildman–Crippen LogP) is 7.86. The van der Waals surface area contributed by atoms with Crippen LogP contribution in [0, 0.1) is 52.4 Å². The Morgan fingerprint density at radius 1 is 0.459 bits per heavy atom. The summed E-state index contributed by atoms with van der Waals surface area (Å²) < 4.78 is 246. The van der Waals surface area contributed by atoms with Crippen molar-refractivity contribution in [2.75, 3.05) is 11.4 Å². The molecule has 0 spiro atoms. The van der Waals surface area contributed by atoms with Crippen LogP contribution in [0.4, 0.5) is 84.7 Å². The van der Waals surface area contributed by atoms with Crippen LogP contribution in [0.1, 0.15) is 6.92 Å². The highest BCUT2D eigenvalue weighted by molar-refractivity contribution is 5.81. The molecule has 0 aliphatic heterocycles. The van der Waals surface area contributed by atoms with Crippen molar-refractivity contribution >= 4 is 5.69 Å². The molecule has 0 atom stereocenters. The van der Waals surface area contributed by atoms with Crippen molar-refractivity contribution in [3.8, 4) is 11.1 Å². The zero-order valence-electron chi connectivity index (χ0n) is 17.0. The molecule has 0 aliphatic rings. The van der Waals surface area contributed by atoms with Gasteiger partial charge in [0.2, 0.25) is 5.82 Å². The molecule has 2 rings (SSSR count). The molecule has 1 nitrogen and oxygen atoms in total. The molecule has 37 heavy (non-hydrogen) atoms. The summed E-state index contributed by atoms with van der Waals surface area (Å²) in [6, 6.07) is -7.10. The van der Waals surface area contributed by atoms with E-state index in [4.69, 9.17) is 0 Å². The molecule has 0 N–H and O–H groups in total. The van der Waals surface area contributed by atoms with Crippen LogP contribution in [-0.2, 0) is 0 Å². The minimum absolute atomic E-state index is 0.108. The highest BCUT2D eigenvalue weighted by atomic mass is 19.4. The van der Waals surface area contributed by atoms with Gasteiger partial charge in [-0.15, -0.1) is 0 Å². The molecule has 0 saturated heterocycles. The second kappa shape index (κ2) is 9.07. The predicted molar refractivity (Wildman–Crippen MR) is 85.4 cm³/mol. The number of anilines is 1. The van der Waals surface area contributed by atoms with Gasteiger partial charge in [0, 0.05) is 6.54 Å². The van der Waals surface area contributed by atoms with E-state index in [0.717, 1.165) is 0 Å². The van der Waals surface area contributed by atoms with E-state index in [2.05, 4.69) is 0 Å². The molecule has 19 heteroatoms. The monoisotopic (exact) mass is 577 g/mol. The normalized spacial score (nSPS) is 13.4. The average molecular weight is 577 g/mol. The second-order valence-electron chi connectivity index (χ2n) is 6.86. The van der Waals surface area contributed by atoms with Crippen molar-refractivity contribution in [2.24, 2.45) is 0 Å². The Bertz CT molecular complexity index is 1200. The Morgan fingerprint density at radius 3 is 1.14 bits per heavy atom. The van der Waals surface area contributed by atoms with E-state index in [-0.39, 0.29) is 6.92 Å². The minimum Gasteiger partial charge on any atom is -0.305 e. The number of alkyl halides is 9. The number of rotatable bonds is 6. The summed E-state index contributed by atoms with van der Waals surface area (Å²) >= 11 is 0. The quantitative estimate of drug-likeness (QED) is 0.146. The first-order valence-electron chi connectivity index (χ1n) is 8.87. The van der Waals surface area contributed by atoms with E-state index in [1.54, 1.807) is 0 Å². The maximum atomic E-state index is 14.5. The van der Waals surface area contributed by atoms with Crippen molar-refractivity contribution in [1.29, 1.82) is 0 Å². The lowest BCUT2D eigenvalue weighted by atomic mass is 9.97. The SMILES string of the molecule is CCN(c1c(F)c(F)c(F)c(F)c1-c1c(F)c(F)c(F)c(F)c1F)C(F)(F)C(F)(F)C(F)(F)C(F)(F)F. The lowest BCUT2D eigenvalue weighted by Crippen LogP contribution is -2.66. The third-order valence-electron chi connectivity index (χ3n) is 4.76. The molecular weight excluding hydrogens is 572 g/mol. The zero-order valence-corrected chi connectivity index (χ0v) is 17.0. The third-order valence-corrected chi connectivity index (χ3v) is 4.76. The van der Waals surface area contributed by atoms with Gasteiger partial charge >= 0.3 is 24.1 Å². The van der Waals surface area contributed by atoms with Gasteiger partial charge in [-0.2, -0.15) is 39.5 Å². The van der Waals surface area contributed by atoms with Gasteiger partial charge in [-0.25, -0.2) is 39.5 Å². The summed E-state index contributed by atoms with van der Waals surface area (Å²) in [5, 5.41) is 0. The second-order valence-corrected chi connectivity index (χ2v) is 6.86. The summed E-state index contributed by atoms with van der Waals surface area (Å²) in [5.74, 6) is -44.2. The van der Waals surface area contributed by atoms with Gasteiger partial charge in [0.15, 0.2) is 46.5 Å². The van der Waals surface area contributed by atoms with Crippen molar-refractivity contribution in [2.45, 2.75) is 31.0 Å². The first-order valence-corrected chi connectivity index (χ1v) is 8.87. The fourth-order valence-electron chi connectivity index (χ4n) is 2.96. The van der Waals surface area contributed by atoms with Crippen LogP contribution < -0.4 is 4.90 Å². The Morgan fingerprint density at radius 2 is 0.784 bits per heavy atom. The summed E-state index contributed by atoms with van der Waals surface area (Å²) in [4.78, 5) is -2.00. The van der Waals surface area contributed by atoms with Gasteiger partial charge < -0.3 is 4.90 Å². The topological polar surface area (TPSA) is 3.24 Å². The smallest absolute Gasteiger partial charge is 0.305 e. The van der Waals surface area contributed by atoms with Crippen LogP contribution >= 0.6 is 0 Å². The highest BCUT2D eigenvalue weighted by Gasteiger charge is 2.83. The number of hydrogen-bond donors (Lipinski definition) is 0. The average Bonchev–Trinajstić information content (AvgIpc) is 2.79. The molecule has 0 aliphatic carbocycles. The van der Waals surface area contributed by atoms with E-state index in [1.807, 2.05) is 0 Å². The van der Waals surface area contributed by atoms with Crippen LogP contribution in [-0.4, -0.2) is 30.6 Å². The minimum atomic E-state index is -7.69. The first-order chi connectivity index (χ1) is 16.5. The van der Waals surface area contributed by atoms with Crippen molar-refractivity contribution in [1.82, 2.24) is 0 Å². The van der Waals surface area contributed by atoms with Crippen LogP contribution in [0.5, 0.6) is 0 Å². The van der Waals surface area contributed by atoms with Gasteiger partial charge in [-0.1, -0.05) is 0 Å². The lowest BCUT2D eigenvalue weighted by molar-refractivity contribution is -0.395. The molecule has 0 unspecified atom stereocenters. The standard InChI is InChI=1S/C18H5F18N/c1-2-37(18(35,36)16(30,31)15(28,29)17(32,33)34)14-4(7(21)10(24)12(26)13(14)27)3-5(19)8(22)11(25)9(23)6(3)20/h2H2,1H3. The Kier molecular flexibility index (Phi) is 7.40. The van der Waals surface area contributed by atoms with Crippen LogP contribution in [0.3, 0.4) is 0 Å². The summed E-state index contributed by atoms with van der Waals surface area (Å²) in [6.45, 7) is -2.06. The van der Waals surface area contributed by atoms with Gasteiger partial charge in [0.1, 0.15) is 0 Å². The maximum absolute atomic E-state index is 14.5. The van der Waals surface area contributed by atoms with E-state index in [9.17, 15) is 79.0 Å². The van der Waals surface area contributed by atoms with Crippen molar-refractivity contribution in [3.05, 3.63) is 52.4 Å². The molecule has 0 radical (unpaired) electrons. The molecule has 2 aromatic carbocycles. The zero-order chi connectivity index (χ0) is 29.2. The number of benzene rings is 2. The van der Waals surface area contributed by atoms with E-state index < -0.39 is 105 Å². The Hall–Kier alpha value is -3.02. The molecule has 0 saturated carbocycles.